The molecule has 0 saturated carbocycles. The maximum absolute atomic E-state index is 13.3. The number of methoxy groups -OCH3 is 1. The summed E-state index contributed by atoms with van der Waals surface area (Å²) >= 11 is 0. The second kappa shape index (κ2) is 10.5. The minimum absolute atomic E-state index is 0.0121. The van der Waals surface area contributed by atoms with Gasteiger partial charge in [0, 0.05) is 35.5 Å². The Morgan fingerprint density at radius 1 is 1.05 bits per heavy atom. The zero-order chi connectivity index (χ0) is 27.6. The van der Waals surface area contributed by atoms with Gasteiger partial charge in [-0.1, -0.05) is 18.2 Å². The standard InChI is InChI=1S/C27H21F3N6O3/c1-38-19-8-6-18(17-7-9-21(27(28,29)30)35-22(17)19)26-36-23(20(13-31)39-26)25(37)34-14-15-4-2-5-16(12-15)24-32-10-3-11-33-24/h2-12H,13-14,31H2,1H3,(H,34,37). The van der Waals surface area contributed by atoms with Gasteiger partial charge in [-0.15, -0.1) is 0 Å². The van der Waals surface area contributed by atoms with Crippen LogP contribution in [0.4, 0.5) is 13.2 Å². The molecule has 0 bridgehead atoms. The maximum atomic E-state index is 13.3. The summed E-state index contributed by atoms with van der Waals surface area (Å²) in [5, 5.41) is 3.10. The van der Waals surface area contributed by atoms with E-state index in [1.165, 1.54) is 19.2 Å². The van der Waals surface area contributed by atoms with Crippen LogP contribution >= 0.6 is 0 Å². The van der Waals surface area contributed by atoms with Crippen molar-refractivity contribution in [1.29, 1.82) is 0 Å². The van der Waals surface area contributed by atoms with E-state index in [2.05, 4.69) is 25.3 Å². The van der Waals surface area contributed by atoms with Gasteiger partial charge in [0.2, 0.25) is 5.89 Å². The summed E-state index contributed by atoms with van der Waals surface area (Å²) in [4.78, 5) is 29.6. The molecule has 0 fully saturated rings. The van der Waals surface area contributed by atoms with Crippen molar-refractivity contribution >= 4 is 16.8 Å². The number of benzene rings is 2. The molecule has 2 aromatic carbocycles. The second-order valence-corrected chi connectivity index (χ2v) is 8.36. The highest BCUT2D eigenvalue weighted by Crippen LogP contribution is 2.37. The molecular weight excluding hydrogens is 513 g/mol. The van der Waals surface area contributed by atoms with Crippen LogP contribution in [0.5, 0.6) is 5.75 Å². The lowest BCUT2D eigenvalue weighted by molar-refractivity contribution is -0.140. The molecule has 0 aliphatic carbocycles. The normalized spacial score (nSPS) is 11.5. The third-order valence-corrected chi connectivity index (χ3v) is 5.86. The predicted octanol–water partition coefficient (Wildman–Crippen LogP) is 4.76. The molecule has 0 aliphatic heterocycles. The fraction of sp³-hybridized carbons (Fsp3) is 0.148. The number of ether oxygens (including phenoxy) is 1. The van der Waals surface area contributed by atoms with Crippen LogP contribution in [-0.4, -0.2) is 33.0 Å². The highest BCUT2D eigenvalue weighted by atomic mass is 19.4. The van der Waals surface area contributed by atoms with Crippen molar-refractivity contribution in [2.45, 2.75) is 19.3 Å². The Balaban J connectivity index is 1.43. The molecule has 5 rings (SSSR count). The van der Waals surface area contributed by atoms with Crippen LogP contribution in [0.2, 0.25) is 0 Å². The van der Waals surface area contributed by atoms with Gasteiger partial charge in [-0.2, -0.15) is 13.2 Å². The zero-order valence-electron chi connectivity index (χ0n) is 20.5. The highest BCUT2D eigenvalue weighted by molar-refractivity contribution is 5.98. The monoisotopic (exact) mass is 534 g/mol. The quantitative estimate of drug-likeness (QED) is 0.306. The molecule has 3 N–H and O–H groups in total. The van der Waals surface area contributed by atoms with Gasteiger partial charge in [-0.25, -0.2) is 19.9 Å². The maximum Gasteiger partial charge on any atom is 0.433 e. The summed E-state index contributed by atoms with van der Waals surface area (Å²) in [7, 11) is 1.33. The highest BCUT2D eigenvalue weighted by Gasteiger charge is 2.33. The first-order valence-electron chi connectivity index (χ1n) is 11.7. The number of hydrogen-bond donors (Lipinski definition) is 2. The van der Waals surface area contributed by atoms with Gasteiger partial charge in [-0.05, 0) is 42.0 Å². The van der Waals surface area contributed by atoms with E-state index in [0.29, 0.717) is 16.8 Å². The van der Waals surface area contributed by atoms with Gasteiger partial charge in [0.1, 0.15) is 17.0 Å². The Bertz CT molecular complexity index is 1650. The van der Waals surface area contributed by atoms with Gasteiger partial charge >= 0.3 is 6.18 Å². The molecule has 0 radical (unpaired) electrons. The number of halogens is 3. The molecule has 5 aromatic rings. The number of hydrogen-bond acceptors (Lipinski definition) is 8. The number of alkyl halides is 3. The van der Waals surface area contributed by atoms with Gasteiger partial charge < -0.3 is 20.2 Å². The van der Waals surface area contributed by atoms with Gasteiger partial charge in [0.05, 0.1) is 13.7 Å². The molecule has 12 heteroatoms. The molecule has 0 atom stereocenters. The zero-order valence-corrected chi connectivity index (χ0v) is 20.5. The Morgan fingerprint density at radius 3 is 2.56 bits per heavy atom. The summed E-state index contributed by atoms with van der Waals surface area (Å²) in [5.74, 6) is 0.310. The van der Waals surface area contributed by atoms with Crippen LogP contribution in [0.15, 0.2) is 71.4 Å². The minimum atomic E-state index is -4.64. The van der Waals surface area contributed by atoms with Crippen LogP contribution in [0.1, 0.15) is 27.5 Å². The van der Waals surface area contributed by atoms with E-state index >= 15 is 0 Å². The van der Waals surface area contributed by atoms with E-state index in [-0.39, 0.29) is 41.7 Å². The van der Waals surface area contributed by atoms with Crippen LogP contribution in [0.3, 0.4) is 0 Å². The molecular formula is C27H21F3N6O3. The van der Waals surface area contributed by atoms with Crippen molar-refractivity contribution in [1.82, 2.24) is 25.3 Å². The van der Waals surface area contributed by atoms with E-state index < -0.39 is 17.8 Å². The Hall–Kier alpha value is -4.84. The first-order valence-corrected chi connectivity index (χ1v) is 11.7. The molecule has 0 saturated heterocycles. The largest absolute Gasteiger partial charge is 0.494 e. The fourth-order valence-electron chi connectivity index (χ4n) is 4.02. The molecule has 0 unspecified atom stereocenters. The average Bonchev–Trinajstić information content (AvgIpc) is 3.39. The molecule has 198 valence electrons. The van der Waals surface area contributed by atoms with Crippen LogP contribution in [0, 0.1) is 0 Å². The van der Waals surface area contributed by atoms with Crippen molar-refractivity contribution in [2.24, 2.45) is 5.73 Å². The smallest absolute Gasteiger partial charge is 0.433 e. The summed E-state index contributed by atoms with van der Waals surface area (Å²) in [6.07, 6.45) is -1.35. The van der Waals surface area contributed by atoms with Gasteiger partial charge in [0.15, 0.2) is 17.3 Å². The number of aromatic nitrogens is 4. The van der Waals surface area contributed by atoms with Crippen molar-refractivity contribution in [3.8, 4) is 28.6 Å². The summed E-state index contributed by atoms with van der Waals surface area (Å²) in [6.45, 7) is 0.0580. The third-order valence-electron chi connectivity index (χ3n) is 5.86. The van der Waals surface area contributed by atoms with Crippen molar-refractivity contribution in [3.05, 3.63) is 89.7 Å². The molecule has 0 spiro atoms. The van der Waals surface area contributed by atoms with E-state index in [9.17, 15) is 18.0 Å². The third kappa shape index (κ3) is 5.27. The Labute approximate surface area is 219 Å². The molecule has 3 heterocycles. The number of rotatable bonds is 7. The first kappa shape index (κ1) is 25.8. The predicted molar refractivity (Wildman–Crippen MR) is 135 cm³/mol. The minimum Gasteiger partial charge on any atom is -0.494 e. The van der Waals surface area contributed by atoms with Gasteiger partial charge in [-0.3, -0.25) is 4.79 Å². The van der Waals surface area contributed by atoms with Crippen LogP contribution < -0.4 is 15.8 Å². The second-order valence-electron chi connectivity index (χ2n) is 8.36. The van der Waals surface area contributed by atoms with Crippen molar-refractivity contribution < 1.29 is 27.1 Å². The Kier molecular flexibility index (Phi) is 6.94. The van der Waals surface area contributed by atoms with E-state index in [0.717, 1.165) is 17.2 Å². The molecule has 9 nitrogen and oxygen atoms in total. The number of pyridine rings is 1. The first-order chi connectivity index (χ1) is 18.8. The van der Waals surface area contributed by atoms with Gasteiger partial charge in [0.25, 0.3) is 5.91 Å². The topological polar surface area (TPSA) is 129 Å². The number of oxazole rings is 1. The summed E-state index contributed by atoms with van der Waals surface area (Å²) < 4.78 is 50.8. The lowest BCUT2D eigenvalue weighted by Crippen LogP contribution is -2.24. The lowest BCUT2D eigenvalue weighted by atomic mass is 10.1. The molecule has 1 amide bonds. The van der Waals surface area contributed by atoms with E-state index in [1.54, 1.807) is 24.5 Å². The SMILES string of the molecule is COc1ccc(-c2nc(C(=O)NCc3cccc(-c4ncccn4)c3)c(CN)o2)c2ccc(C(F)(F)F)nc12. The van der Waals surface area contributed by atoms with E-state index in [4.69, 9.17) is 14.9 Å². The number of fused-ring (bicyclic) bond motifs is 1. The number of nitrogens with one attached hydrogen (secondary N) is 1. The molecule has 39 heavy (non-hydrogen) atoms. The van der Waals surface area contributed by atoms with Crippen LogP contribution in [-0.2, 0) is 19.3 Å². The number of carbonyl (C=O) groups excluding carboxylic acids is 1. The summed E-state index contributed by atoms with van der Waals surface area (Å²) in [5.41, 5.74) is 6.62. The molecule has 3 aromatic heterocycles. The summed E-state index contributed by atoms with van der Waals surface area (Å²) in [6, 6.07) is 14.3. The molecule has 0 aliphatic rings. The van der Waals surface area contributed by atoms with E-state index in [1.807, 2.05) is 24.3 Å². The average molecular weight is 534 g/mol. The number of nitrogens with two attached hydrogens (primary N) is 1. The fourth-order valence-corrected chi connectivity index (χ4v) is 4.02. The lowest BCUT2D eigenvalue weighted by Gasteiger charge is -2.11. The van der Waals surface area contributed by atoms with Crippen LogP contribution in [0.25, 0.3) is 33.7 Å². The Morgan fingerprint density at radius 2 is 1.85 bits per heavy atom. The van der Waals surface area contributed by atoms with Crippen molar-refractivity contribution in [3.63, 3.8) is 0 Å². The number of carbonyl (C=O) groups is 1. The number of nitrogens with zero attached hydrogens (tertiary/aromatic N) is 4. The van der Waals surface area contributed by atoms with Crippen molar-refractivity contribution in [2.75, 3.05) is 7.11 Å². The number of amides is 1.